The fourth-order valence-corrected chi connectivity index (χ4v) is 6.81. The van der Waals surface area contributed by atoms with Gasteiger partial charge >= 0.3 is 6.16 Å². The topological polar surface area (TPSA) is 35.5 Å². The van der Waals surface area contributed by atoms with Gasteiger partial charge in [-0.1, -0.05) is 114 Å². The quantitative estimate of drug-likeness (QED) is 0.226. The molecule has 0 radical (unpaired) electrons. The van der Waals surface area contributed by atoms with E-state index in [2.05, 4.69) is 77.4 Å². The number of carbonyl (C=O) groups is 1. The zero-order chi connectivity index (χ0) is 24.0. The second kappa shape index (κ2) is 10.0. The van der Waals surface area contributed by atoms with Gasteiger partial charge in [0.25, 0.3) is 0 Å². The van der Waals surface area contributed by atoms with Gasteiger partial charge in [-0.15, -0.1) is 0 Å². The van der Waals surface area contributed by atoms with Crippen LogP contribution in [0.25, 0.3) is 0 Å². The van der Waals surface area contributed by atoms with Crippen molar-refractivity contribution >= 4 is 22.3 Å². The van der Waals surface area contributed by atoms with Gasteiger partial charge in [-0.25, -0.2) is 4.79 Å². The highest BCUT2D eigenvalue weighted by atomic mass is 28.3. The van der Waals surface area contributed by atoms with Crippen LogP contribution in [-0.2, 0) is 19.6 Å². The van der Waals surface area contributed by atoms with E-state index in [1.165, 1.54) is 23.7 Å². The van der Waals surface area contributed by atoms with Gasteiger partial charge in [0, 0.05) is 10.1 Å². The predicted octanol–water partition coefficient (Wildman–Crippen LogP) is 7.84. The van der Waals surface area contributed by atoms with E-state index in [1.54, 1.807) is 0 Å². The molecule has 2 unspecified atom stereocenters. The minimum absolute atomic E-state index is 0.173. The van der Waals surface area contributed by atoms with Gasteiger partial charge in [-0.05, 0) is 23.3 Å². The molecule has 0 aliphatic heterocycles. The number of ether oxygens (including phenoxy) is 2. The first-order valence-corrected chi connectivity index (χ1v) is 18.1. The Kier molecular flexibility index (Phi) is 8.13. The van der Waals surface area contributed by atoms with Crippen LogP contribution in [0.2, 0.25) is 39.3 Å². The van der Waals surface area contributed by atoms with Crippen LogP contribution in [0, 0.1) is 0 Å². The first-order valence-electron chi connectivity index (χ1n) is 11.1. The van der Waals surface area contributed by atoms with Crippen LogP contribution in [0.3, 0.4) is 0 Å². The molecule has 0 spiro atoms. The number of hydrogen-bond acceptors (Lipinski definition) is 3. The summed E-state index contributed by atoms with van der Waals surface area (Å²) in [6.45, 7) is 18.3. The van der Waals surface area contributed by atoms with Gasteiger partial charge in [0.15, 0.2) is 0 Å². The minimum atomic E-state index is -1.66. The van der Waals surface area contributed by atoms with Gasteiger partial charge in [-0.2, -0.15) is 0 Å². The van der Waals surface area contributed by atoms with Gasteiger partial charge in [0.1, 0.15) is 0 Å². The highest BCUT2D eigenvalue weighted by Gasteiger charge is 2.39. The van der Waals surface area contributed by atoms with E-state index < -0.39 is 22.3 Å². The molecule has 2 atom stereocenters. The van der Waals surface area contributed by atoms with Crippen molar-refractivity contribution in [1.82, 2.24) is 0 Å². The third kappa shape index (κ3) is 5.90. The molecular weight excluding hydrogens is 428 g/mol. The lowest BCUT2D eigenvalue weighted by atomic mass is 10.00. The number of hydrogen-bond donors (Lipinski definition) is 0. The zero-order valence-electron chi connectivity index (χ0n) is 20.8. The standard InChI is InChI=1S/C27H38O3Si2/c1-26(31(3,4)5,23-15-11-9-12-16-23)19-21-29-25(28)30-22-20-27(2,32(6,7)8)24-17-13-10-14-18-24/h9-22H,1-8H3. The maximum absolute atomic E-state index is 12.3. The van der Waals surface area contributed by atoms with Gasteiger partial charge in [0.2, 0.25) is 0 Å². The van der Waals surface area contributed by atoms with Crippen molar-refractivity contribution in [2.24, 2.45) is 0 Å². The molecule has 0 aliphatic rings. The van der Waals surface area contributed by atoms with Crippen LogP contribution >= 0.6 is 0 Å². The van der Waals surface area contributed by atoms with E-state index in [0.29, 0.717) is 0 Å². The predicted molar refractivity (Wildman–Crippen MR) is 140 cm³/mol. The second-order valence-electron chi connectivity index (χ2n) is 10.7. The highest BCUT2D eigenvalue weighted by Crippen LogP contribution is 2.36. The lowest BCUT2D eigenvalue weighted by Gasteiger charge is -2.38. The van der Waals surface area contributed by atoms with Crippen molar-refractivity contribution in [3.8, 4) is 0 Å². The average molecular weight is 467 g/mol. The van der Waals surface area contributed by atoms with Crippen molar-refractivity contribution in [2.45, 2.75) is 63.2 Å². The first-order chi connectivity index (χ1) is 14.8. The van der Waals surface area contributed by atoms with E-state index in [4.69, 9.17) is 9.47 Å². The maximum atomic E-state index is 12.3. The molecule has 2 aromatic carbocycles. The molecule has 2 aromatic rings. The van der Waals surface area contributed by atoms with Crippen molar-refractivity contribution in [3.05, 3.63) is 96.5 Å². The van der Waals surface area contributed by atoms with Gasteiger partial charge in [0.05, 0.1) is 28.7 Å². The van der Waals surface area contributed by atoms with Crippen molar-refractivity contribution < 1.29 is 14.3 Å². The summed E-state index contributed by atoms with van der Waals surface area (Å²) in [6, 6.07) is 20.7. The molecule has 0 N–H and O–H groups in total. The number of carbonyl (C=O) groups excluding carboxylic acids is 1. The summed E-state index contributed by atoms with van der Waals surface area (Å²) in [5.74, 6) is 0. The Morgan fingerprint density at radius 1 is 0.656 bits per heavy atom. The summed E-state index contributed by atoms with van der Waals surface area (Å²) in [5.41, 5.74) is 2.45. The third-order valence-electron chi connectivity index (χ3n) is 6.99. The molecule has 172 valence electrons. The van der Waals surface area contributed by atoms with Gasteiger partial charge in [-0.3, -0.25) is 0 Å². The van der Waals surface area contributed by atoms with Crippen molar-refractivity contribution in [2.75, 3.05) is 0 Å². The molecule has 0 aromatic heterocycles. The van der Waals surface area contributed by atoms with Crippen molar-refractivity contribution in [1.29, 1.82) is 0 Å². The Morgan fingerprint density at radius 3 is 1.25 bits per heavy atom. The Bertz CT molecular complexity index is 863. The summed E-state index contributed by atoms with van der Waals surface area (Å²) >= 11 is 0. The lowest BCUT2D eigenvalue weighted by molar-refractivity contribution is 0.119. The molecule has 32 heavy (non-hydrogen) atoms. The smallest absolute Gasteiger partial charge is 0.403 e. The fourth-order valence-electron chi connectivity index (χ4n) is 3.61. The summed E-state index contributed by atoms with van der Waals surface area (Å²) < 4.78 is 10.6. The zero-order valence-corrected chi connectivity index (χ0v) is 22.8. The molecule has 0 bridgehead atoms. The molecule has 5 heteroatoms. The van der Waals surface area contributed by atoms with E-state index in [9.17, 15) is 4.79 Å². The minimum Gasteiger partial charge on any atom is -0.403 e. The maximum Gasteiger partial charge on any atom is 0.518 e. The Labute approximate surface area is 196 Å². The molecular formula is C27H38O3Si2. The van der Waals surface area contributed by atoms with E-state index in [1.807, 2.05) is 48.6 Å². The Morgan fingerprint density at radius 2 is 0.969 bits per heavy atom. The monoisotopic (exact) mass is 466 g/mol. The summed E-state index contributed by atoms with van der Waals surface area (Å²) in [7, 11) is -3.32. The summed E-state index contributed by atoms with van der Waals surface area (Å²) in [5, 5.41) is -0.345. The Balaban J connectivity index is 2.11. The summed E-state index contributed by atoms with van der Waals surface area (Å²) in [6.07, 6.45) is 6.23. The molecule has 0 amide bonds. The normalized spacial score (nSPS) is 16.5. The third-order valence-corrected chi connectivity index (χ3v) is 14.1. The molecule has 2 rings (SSSR count). The number of allylic oxidation sites excluding steroid dienone is 2. The molecule has 0 aliphatic carbocycles. The van der Waals surface area contributed by atoms with Crippen LogP contribution < -0.4 is 0 Å². The molecule has 0 heterocycles. The largest absolute Gasteiger partial charge is 0.518 e. The van der Waals surface area contributed by atoms with Gasteiger partial charge < -0.3 is 9.47 Å². The fraction of sp³-hybridized carbons (Fsp3) is 0.370. The highest BCUT2D eigenvalue weighted by molar-refractivity contribution is 6.79. The van der Waals surface area contributed by atoms with E-state index in [-0.39, 0.29) is 10.1 Å². The average Bonchev–Trinajstić information content (AvgIpc) is 2.73. The van der Waals surface area contributed by atoms with Crippen LogP contribution in [0.1, 0.15) is 25.0 Å². The first kappa shape index (κ1) is 25.9. The lowest BCUT2D eigenvalue weighted by Crippen LogP contribution is -2.45. The number of rotatable bonds is 8. The van der Waals surface area contributed by atoms with E-state index in [0.717, 1.165) is 0 Å². The molecule has 0 fully saturated rings. The van der Waals surface area contributed by atoms with Crippen LogP contribution in [0.5, 0.6) is 0 Å². The SMILES string of the molecule is CC(C=COC(=O)OC=CC(C)(c1ccccc1)[Si](C)(C)C)(c1ccccc1)[Si](C)(C)C. The van der Waals surface area contributed by atoms with E-state index >= 15 is 0 Å². The molecule has 0 saturated carbocycles. The summed E-state index contributed by atoms with van der Waals surface area (Å²) in [4.78, 5) is 12.3. The van der Waals surface area contributed by atoms with Crippen LogP contribution in [-0.4, -0.2) is 22.3 Å². The van der Waals surface area contributed by atoms with Crippen molar-refractivity contribution in [3.63, 3.8) is 0 Å². The van der Waals surface area contributed by atoms with Crippen LogP contribution in [0.4, 0.5) is 4.79 Å². The number of benzene rings is 2. The second-order valence-corrected chi connectivity index (χ2v) is 21.8. The van der Waals surface area contributed by atoms with Crippen LogP contribution in [0.15, 0.2) is 85.3 Å². The molecule has 0 saturated heterocycles. The Hall–Kier alpha value is -2.38. The molecule has 3 nitrogen and oxygen atoms in total.